The molecule has 76 valence electrons. The van der Waals surface area contributed by atoms with E-state index in [1.165, 1.54) is 6.42 Å². The van der Waals surface area contributed by atoms with Gasteiger partial charge in [-0.15, -0.1) is 0 Å². The van der Waals surface area contributed by atoms with Crippen molar-refractivity contribution in [2.75, 3.05) is 7.11 Å². The molecule has 0 N–H and O–H groups in total. The van der Waals surface area contributed by atoms with Gasteiger partial charge in [-0.05, 0) is 19.3 Å². The maximum absolute atomic E-state index is 11.5. The van der Waals surface area contributed by atoms with E-state index in [0.29, 0.717) is 0 Å². The Morgan fingerprint density at radius 2 is 2.07 bits per heavy atom. The number of fused-ring (bicyclic) bond motifs is 1. The van der Waals surface area contributed by atoms with Crippen molar-refractivity contribution in [1.82, 2.24) is 0 Å². The molecule has 0 amide bonds. The molecule has 0 saturated heterocycles. The second-order valence-electron chi connectivity index (χ2n) is 3.70. The third-order valence-corrected chi connectivity index (χ3v) is 2.83. The molecule has 0 atom stereocenters. The standard InChI is InChI=1S/C11H15NO2/c1-14-11-7-8-12(13)10-6-4-2-3-5-9(10)11/h7-8H,2-6H2,1H3. The van der Waals surface area contributed by atoms with Crippen LogP contribution in [0.4, 0.5) is 0 Å². The van der Waals surface area contributed by atoms with Crippen LogP contribution in [0.25, 0.3) is 0 Å². The van der Waals surface area contributed by atoms with Crippen LogP contribution in [0.5, 0.6) is 5.75 Å². The molecule has 0 unspecified atom stereocenters. The van der Waals surface area contributed by atoms with Gasteiger partial charge in [0.15, 0.2) is 11.9 Å². The lowest BCUT2D eigenvalue weighted by Gasteiger charge is -2.10. The number of methoxy groups -OCH3 is 1. The van der Waals surface area contributed by atoms with Crippen LogP contribution in [-0.4, -0.2) is 7.11 Å². The fraction of sp³-hybridized carbons (Fsp3) is 0.545. The number of aromatic nitrogens is 1. The van der Waals surface area contributed by atoms with E-state index in [1.807, 2.05) is 0 Å². The Morgan fingerprint density at radius 3 is 2.86 bits per heavy atom. The molecule has 14 heavy (non-hydrogen) atoms. The highest BCUT2D eigenvalue weighted by atomic mass is 16.5. The van der Waals surface area contributed by atoms with Gasteiger partial charge in [-0.1, -0.05) is 6.42 Å². The van der Waals surface area contributed by atoms with Crippen molar-refractivity contribution in [3.63, 3.8) is 0 Å². The molecule has 1 aliphatic carbocycles. The van der Waals surface area contributed by atoms with Gasteiger partial charge in [0.25, 0.3) is 0 Å². The minimum absolute atomic E-state index is 0.869. The minimum Gasteiger partial charge on any atom is -0.618 e. The number of rotatable bonds is 1. The van der Waals surface area contributed by atoms with Crippen molar-refractivity contribution < 1.29 is 9.47 Å². The molecular weight excluding hydrogens is 178 g/mol. The molecule has 0 aromatic carbocycles. The van der Waals surface area contributed by atoms with E-state index in [4.69, 9.17) is 4.74 Å². The quantitative estimate of drug-likeness (QED) is 0.386. The highest BCUT2D eigenvalue weighted by Gasteiger charge is 2.19. The topological polar surface area (TPSA) is 36.2 Å². The average Bonchev–Trinajstić information content (AvgIpc) is 2.44. The summed E-state index contributed by atoms with van der Waals surface area (Å²) in [6, 6.07) is 1.76. The Morgan fingerprint density at radius 1 is 1.29 bits per heavy atom. The molecule has 3 heteroatoms. The number of ether oxygens (including phenoxy) is 1. The normalized spacial score (nSPS) is 15.8. The lowest BCUT2D eigenvalue weighted by Crippen LogP contribution is -2.32. The average molecular weight is 193 g/mol. The van der Waals surface area contributed by atoms with Gasteiger partial charge < -0.3 is 9.94 Å². The van der Waals surface area contributed by atoms with Crippen molar-refractivity contribution in [1.29, 1.82) is 0 Å². The Hall–Kier alpha value is -1.25. The van der Waals surface area contributed by atoms with Crippen LogP contribution in [0.15, 0.2) is 12.3 Å². The zero-order chi connectivity index (χ0) is 9.97. The van der Waals surface area contributed by atoms with Crippen molar-refractivity contribution >= 4 is 0 Å². The van der Waals surface area contributed by atoms with E-state index in [-0.39, 0.29) is 0 Å². The molecule has 1 aromatic rings. The Balaban J connectivity index is 2.49. The van der Waals surface area contributed by atoms with Gasteiger partial charge >= 0.3 is 0 Å². The predicted molar refractivity (Wildman–Crippen MR) is 53.2 cm³/mol. The number of hydrogen-bond acceptors (Lipinski definition) is 2. The minimum atomic E-state index is 0.869. The molecule has 0 spiro atoms. The monoisotopic (exact) mass is 193 g/mol. The lowest BCUT2D eigenvalue weighted by atomic mass is 10.1. The van der Waals surface area contributed by atoms with Gasteiger partial charge in [-0.2, -0.15) is 4.73 Å². The molecule has 1 heterocycles. The maximum atomic E-state index is 11.5. The number of pyridine rings is 1. The van der Waals surface area contributed by atoms with Gasteiger partial charge in [0.2, 0.25) is 0 Å². The number of hydrogen-bond donors (Lipinski definition) is 0. The summed E-state index contributed by atoms with van der Waals surface area (Å²) in [5.74, 6) is 0.869. The summed E-state index contributed by atoms with van der Waals surface area (Å²) < 4.78 is 6.26. The zero-order valence-electron chi connectivity index (χ0n) is 8.45. The smallest absolute Gasteiger partial charge is 0.199 e. The first-order valence-electron chi connectivity index (χ1n) is 5.11. The second-order valence-corrected chi connectivity index (χ2v) is 3.70. The van der Waals surface area contributed by atoms with Crippen LogP contribution in [0.1, 0.15) is 30.5 Å². The highest BCUT2D eigenvalue weighted by molar-refractivity contribution is 5.34. The molecule has 0 fully saturated rings. The van der Waals surface area contributed by atoms with E-state index in [1.54, 1.807) is 19.4 Å². The molecule has 0 bridgehead atoms. The van der Waals surface area contributed by atoms with Crippen molar-refractivity contribution in [3.8, 4) is 5.75 Å². The van der Waals surface area contributed by atoms with E-state index in [0.717, 1.165) is 47.4 Å². The molecule has 2 rings (SSSR count). The van der Waals surface area contributed by atoms with Gasteiger partial charge in [0.05, 0.1) is 12.7 Å². The van der Waals surface area contributed by atoms with Gasteiger partial charge in [-0.25, -0.2) is 0 Å². The van der Waals surface area contributed by atoms with Crippen LogP contribution in [0, 0.1) is 5.21 Å². The summed E-state index contributed by atoms with van der Waals surface area (Å²) >= 11 is 0. The maximum Gasteiger partial charge on any atom is 0.199 e. The fourth-order valence-corrected chi connectivity index (χ4v) is 2.09. The van der Waals surface area contributed by atoms with Crippen LogP contribution in [0.3, 0.4) is 0 Å². The summed E-state index contributed by atoms with van der Waals surface area (Å²) in [5, 5.41) is 11.5. The zero-order valence-corrected chi connectivity index (χ0v) is 8.45. The summed E-state index contributed by atoms with van der Waals surface area (Å²) in [7, 11) is 1.66. The van der Waals surface area contributed by atoms with Gasteiger partial charge in [0.1, 0.15) is 5.75 Å². The largest absolute Gasteiger partial charge is 0.618 e. The summed E-state index contributed by atoms with van der Waals surface area (Å²) in [4.78, 5) is 0. The summed E-state index contributed by atoms with van der Waals surface area (Å²) in [6.07, 6.45) is 6.88. The van der Waals surface area contributed by atoms with Crippen LogP contribution >= 0.6 is 0 Å². The molecule has 3 nitrogen and oxygen atoms in total. The number of nitrogens with zero attached hydrogens (tertiary/aromatic N) is 1. The van der Waals surface area contributed by atoms with Crippen molar-refractivity contribution in [2.45, 2.75) is 32.1 Å². The third-order valence-electron chi connectivity index (χ3n) is 2.83. The SMILES string of the molecule is COc1cc[n+]([O-])c2c1CCCCC2. The predicted octanol–water partition coefficient (Wildman–Crippen LogP) is 1.60. The summed E-state index contributed by atoms with van der Waals surface area (Å²) in [5.41, 5.74) is 2.02. The van der Waals surface area contributed by atoms with Crippen LogP contribution < -0.4 is 9.47 Å². The van der Waals surface area contributed by atoms with Crippen LogP contribution in [-0.2, 0) is 12.8 Å². The Kier molecular flexibility index (Phi) is 2.57. The van der Waals surface area contributed by atoms with Crippen molar-refractivity contribution in [3.05, 3.63) is 28.7 Å². The molecular formula is C11H15NO2. The third kappa shape index (κ3) is 1.54. The van der Waals surface area contributed by atoms with Crippen LogP contribution in [0.2, 0.25) is 0 Å². The summed E-state index contributed by atoms with van der Waals surface area (Å²) in [6.45, 7) is 0. The fourth-order valence-electron chi connectivity index (χ4n) is 2.09. The molecule has 0 radical (unpaired) electrons. The first kappa shape index (κ1) is 9.31. The molecule has 0 aliphatic heterocycles. The van der Waals surface area contributed by atoms with E-state index >= 15 is 0 Å². The van der Waals surface area contributed by atoms with E-state index in [2.05, 4.69) is 0 Å². The highest BCUT2D eigenvalue weighted by Crippen LogP contribution is 2.25. The Labute approximate surface area is 83.9 Å². The molecule has 1 aromatic heterocycles. The first-order chi connectivity index (χ1) is 6.83. The van der Waals surface area contributed by atoms with E-state index < -0.39 is 0 Å². The van der Waals surface area contributed by atoms with Gasteiger partial charge in [-0.3, -0.25) is 0 Å². The Bertz CT molecular complexity index is 336. The first-order valence-corrected chi connectivity index (χ1v) is 5.11. The van der Waals surface area contributed by atoms with E-state index in [9.17, 15) is 5.21 Å². The molecule has 0 saturated carbocycles. The van der Waals surface area contributed by atoms with Crippen molar-refractivity contribution in [2.24, 2.45) is 0 Å². The van der Waals surface area contributed by atoms with Gasteiger partial charge in [0, 0.05) is 12.5 Å². The molecule has 1 aliphatic rings. The second kappa shape index (κ2) is 3.86. The lowest BCUT2D eigenvalue weighted by molar-refractivity contribution is -0.614.